The second-order valence-electron chi connectivity index (χ2n) is 7.21. The van der Waals surface area contributed by atoms with Gasteiger partial charge in [-0.05, 0) is 50.6 Å². The average Bonchev–Trinajstić information content (AvgIpc) is 3.03. The Morgan fingerprint density at radius 3 is 2.33 bits per heavy atom. The summed E-state index contributed by atoms with van der Waals surface area (Å²) in [5.74, 6) is 0.299. The molecule has 0 aliphatic heterocycles. The Morgan fingerprint density at radius 1 is 1.03 bits per heavy atom. The third kappa shape index (κ3) is 5.79. The number of aryl methyl sites for hydroxylation is 2. The highest BCUT2D eigenvalue weighted by Crippen LogP contribution is 2.23. The number of Topliss-reactive ketones (excluding diaryl/α,β-unsaturated/α-hetero) is 1. The summed E-state index contributed by atoms with van der Waals surface area (Å²) in [5, 5.41) is 0. The van der Waals surface area contributed by atoms with Crippen molar-refractivity contribution in [3.63, 3.8) is 0 Å². The van der Waals surface area contributed by atoms with E-state index in [1.807, 2.05) is 38.1 Å². The molecule has 0 atom stereocenters. The number of hydrogen-bond acceptors (Lipinski definition) is 6. The molecule has 0 amide bonds. The number of nitrogens with zero attached hydrogens (tertiary/aromatic N) is 1. The fourth-order valence-corrected chi connectivity index (χ4v) is 4.41. The van der Waals surface area contributed by atoms with Gasteiger partial charge in [-0.15, -0.1) is 0 Å². The number of sulfone groups is 1. The monoisotopic (exact) mass is 427 g/mol. The molecule has 6 nitrogen and oxygen atoms in total. The molecular formula is C23H25NO5S. The van der Waals surface area contributed by atoms with Crippen LogP contribution in [0.5, 0.6) is 5.75 Å². The van der Waals surface area contributed by atoms with Crippen LogP contribution < -0.4 is 4.74 Å². The summed E-state index contributed by atoms with van der Waals surface area (Å²) < 4.78 is 36.1. The third-order valence-electron chi connectivity index (χ3n) is 4.56. The Kier molecular flexibility index (Phi) is 6.72. The van der Waals surface area contributed by atoms with Gasteiger partial charge in [-0.1, -0.05) is 29.8 Å². The fourth-order valence-electron chi connectivity index (χ4n) is 3.04. The van der Waals surface area contributed by atoms with Crippen molar-refractivity contribution in [2.24, 2.45) is 0 Å². The van der Waals surface area contributed by atoms with Gasteiger partial charge in [0.2, 0.25) is 5.89 Å². The van der Waals surface area contributed by atoms with E-state index in [0.717, 1.165) is 16.7 Å². The number of benzene rings is 2. The standard InChI is InChI=1S/C23H25NO5S/c1-4-28-21-11-7-18(8-12-21)13-20(25)14-30(26,27)15-22-17(3)29-23(24-22)19-9-5-16(2)6-10-19/h5-12H,4,13-15H2,1-3H3. The van der Waals surface area contributed by atoms with E-state index in [2.05, 4.69) is 4.98 Å². The van der Waals surface area contributed by atoms with Crippen molar-refractivity contribution in [2.45, 2.75) is 32.9 Å². The molecule has 0 radical (unpaired) electrons. The van der Waals surface area contributed by atoms with Crippen molar-refractivity contribution >= 4 is 15.6 Å². The molecule has 2 aromatic carbocycles. The zero-order valence-electron chi connectivity index (χ0n) is 17.3. The first kappa shape index (κ1) is 21.8. The lowest BCUT2D eigenvalue weighted by Gasteiger charge is -2.05. The highest BCUT2D eigenvalue weighted by Gasteiger charge is 2.22. The minimum absolute atomic E-state index is 0.0536. The van der Waals surface area contributed by atoms with Crippen molar-refractivity contribution in [2.75, 3.05) is 12.4 Å². The molecule has 0 spiro atoms. The molecular weight excluding hydrogens is 402 g/mol. The second-order valence-corrected chi connectivity index (χ2v) is 9.28. The average molecular weight is 428 g/mol. The molecule has 0 saturated heterocycles. The van der Waals surface area contributed by atoms with Crippen molar-refractivity contribution in [1.29, 1.82) is 0 Å². The molecule has 0 aliphatic carbocycles. The predicted molar refractivity (Wildman–Crippen MR) is 115 cm³/mol. The minimum Gasteiger partial charge on any atom is -0.494 e. The van der Waals surface area contributed by atoms with Gasteiger partial charge in [-0.25, -0.2) is 13.4 Å². The summed E-state index contributed by atoms with van der Waals surface area (Å²) >= 11 is 0. The molecule has 0 aliphatic rings. The Balaban J connectivity index is 1.64. The zero-order chi connectivity index (χ0) is 21.7. The SMILES string of the molecule is CCOc1ccc(CC(=O)CS(=O)(=O)Cc2nc(-c3ccc(C)cc3)oc2C)cc1. The molecule has 1 heterocycles. The molecule has 0 unspecified atom stereocenters. The molecule has 1 aromatic heterocycles. The van der Waals surface area contributed by atoms with Crippen LogP contribution in [0, 0.1) is 13.8 Å². The van der Waals surface area contributed by atoms with Crippen LogP contribution in [-0.4, -0.2) is 31.5 Å². The summed E-state index contributed by atoms with van der Waals surface area (Å²) in [6.45, 7) is 6.11. The lowest BCUT2D eigenvalue weighted by atomic mass is 10.1. The summed E-state index contributed by atoms with van der Waals surface area (Å²) in [7, 11) is -3.67. The number of carbonyl (C=O) groups is 1. The largest absolute Gasteiger partial charge is 0.494 e. The number of oxazole rings is 1. The highest BCUT2D eigenvalue weighted by atomic mass is 32.2. The number of carbonyl (C=O) groups excluding carboxylic acids is 1. The summed E-state index contributed by atoms with van der Waals surface area (Å²) in [6.07, 6.45) is 0.0536. The van der Waals surface area contributed by atoms with Gasteiger partial charge in [0.05, 0.1) is 18.1 Å². The van der Waals surface area contributed by atoms with E-state index < -0.39 is 15.6 Å². The van der Waals surface area contributed by atoms with Gasteiger partial charge in [-0.3, -0.25) is 4.79 Å². The second kappa shape index (κ2) is 9.26. The van der Waals surface area contributed by atoms with E-state index in [9.17, 15) is 13.2 Å². The van der Waals surface area contributed by atoms with Crippen LogP contribution in [0.15, 0.2) is 52.9 Å². The van der Waals surface area contributed by atoms with E-state index >= 15 is 0 Å². The molecule has 3 aromatic rings. The summed E-state index contributed by atoms with van der Waals surface area (Å²) in [4.78, 5) is 16.7. The maximum Gasteiger partial charge on any atom is 0.226 e. The van der Waals surface area contributed by atoms with Crippen molar-refractivity contribution in [3.8, 4) is 17.2 Å². The van der Waals surface area contributed by atoms with Gasteiger partial charge >= 0.3 is 0 Å². The Hall–Kier alpha value is -2.93. The van der Waals surface area contributed by atoms with E-state index in [1.54, 1.807) is 31.2 Å². The van der Waals surface area contributed by atoms with Gasteiger partial charge < -0.3 is 9.15 Å². The molecule has 0 fully saturated rings. The van der Waals surface area contributed by atoms with Gasteiger partial charge in [0.15, 0.2) is 15.6 Å². The number of ketones is 1. The van der Waals surface area contributed by atoms with Crippen molar-refractivity contribution < 1.29 is 22.4 Å². The molecule has 3 rings (SSSR count). The maximum atomic E-state index is 12.6. The van der Waals surface area contributed by atoms with Crippen molar-refractivity contribution in [3.05, 3.63) is 71.1 Å². The first-order valence-corrected chi connectivity index (χ1v) is 11.5. The Morgan fingerprint density at radius 2 is 1.70 bits per heavy atom. The minimum atomic E-state index is -3.67. The van der Waals surface area contributed by atoms with Crippen molar-refractivity contribution in [1.82, 2.24) is 4.98 Å². The van der Waals surface area contributed by atoms with Crippen LogP contribution in [-0.2, 0) is 26.8 Å². The van der Waals surface area contributed by atoms with Crippen LogP contribution in [0.2, 0.25) is 0 Å². The Labute approximate surface area is 176 Å². The van der Waals surface area contributed by atoms with Gasteiger partial charge in [0.1, 0.15) is 17.3 Å². The number of aromatic nitrogens is 1. The normalized spacial score (nSPS) is 11.4. The smallest absolute Gasteiger partial charge is 0.226 e. The predicted octanol–water partition coefficient (Wildman–Crippen LogP) is 4.08. The lowest BCUT2D eigenvalue weighted by molar-refractivity contribution is -0.116. The third-order valence-corrected chi connectivity index (χ3v) is 6.04. The van der Waals surface area contributed by atoms with E-state index in [-0.39, 0.29) is 18.0 Å². The van der Waals surface area contributed by atoms with E-state index in [0.29, 0.717) is 29.7 Å². The van der Waals surface area contributed by atoms with Crippen LogP contribution >= 0.6 is 0 Å². The molecule has 0 saturated carbocycles. The molecule has 7 heteroatoms. The van der Waals surface area contributed by atoms with Gasteiger partial charge in [0, 0.05) is 12.0 Å². The van der Waals surface area contributed by atoms with Crippen LogP contribution in [0.25, 0.3) is 11.5 Å². The number of hydrogen-bond donors (Lipinski definition) is 0. The topological polar surface area (TPSA) is 86.5 Å². The van der Waals surface area contributed by atoms with Gasteiger partial charge in [0.25, 0.3) is 0 Å². The Bertz CT molecular complexity index is 1110. The fraction of sp³-hybridized carbons (Fsp3) is 0.304. The maximum absolute atomic E-state index is 12.6. The number of ether oxygens (including phenoxy) is 1. The number of rotatable bonds is 9. The highest BCUT2D eigenvalue weighted by molar-refractivity contribution is 7.91. The molecule has 0 N–H and O–H groups in total. The van der Waals surface area contributed by atoms with Gasteiger partial charge in [-0.2, -0.15) is 0 Å². The quantitative estimate of drug-likeness (QED) is 0.511. The molecule has 30 heavy (non-hydrogen) atoms. The molecule has 0 bridgehead atoms. The van der Waals surface area contributed by atoms with E-state index in [4.69, 9.17) is 9.15 Å². The lowest BCUT2D eigenvalue weighted by Crippen LogP contribution is -2.19. The summed E-state index contributed by atoms with van der Waals surface area (Å²) in [5.41, 5.74) is 2.96. The molecule has 158 valence electrons. The van der Waals surface area contributed by atoms with Crippen LogP contribution in [0.1, 0.15) is 29.5 Å². The van der Waals surface area contributed by atoms with E-state index in [1.165, 1.54) is 0 Å². The zero-order valence-corrected chi connectivity index (χ0v) is 18.2. The summed E-state index contributed by atoms with van der Waals surface area (Å²) in [6, 6.07) is 14.7. The first-order valence-electron chi connectivity index (χ1n) is 9.73. The van der Waals surface area contributed by atoms with Crippen LogP contribution in [0.3, 0.4) is 0 Å². The first-order chi connectivity index (χ1) is 14.3. The van der Waals surface area contributed by atoms with Crippen LogP contribution in [0.4, 0.5) is 0 Å².